The Balaban J connectivity index is 1.67. The summed E-state index contributed by atoms with van der Waals surface area (Å²) >= 11 is 0. The molecule has 2 aliphatic carbocycles. The van der Waals surface area contributed by atoms with Crippen molar-refractivity contribution >= 4 is 0 Å². The molecule has 1 saturated carbocycles. The Bertz CT molecular complexity index is 590. The van der Waals surface area contributed by atoms with Gasteiger partial charge in [-0.2, -0.15) is 0 Å². The van der Waals surface area contributed by atoms with Crippen LogP contribution in [0.5, 0.6) is 0 Å². The number of H-pyrrole nitrogens is 1. The van der Waals surface area contributed by atoms with Crippen LogP contribution in [-0.2, 0) is 12.8 Å². The smallest absolute Gasteiger partial charge is 0.113 e. The van der Waals surface area contributed by atoms with Gasteiger partial charge in [0.15, 0.2) is 0 Å². The van der Waals surface area contributed by atoms with Crippen LogP contribution in [0, 0.1) is 0 Å². The van der Waals surface area contributed by atoms with Crippen LogP contribution in [0.1, 0.15) is 48.9 Å². The van der Waals surface area contributed by atoms with Gasteiger partial charge in [-0.15, -0.1) is 0 Å². The second-order valence-electron chi connectivity index (χ2n) is 5.82. The van der Waals surface area contributed by atoms with E-state index in [0.29, 0.717) is 12.0 Å². The van der Waals surface area contributed by atoms with Crippen LogP contribution in [0.2, 0.25) is 0 Å². The monoisotopic (exact) mass is 257 g/mol. The molecular formula is C15H19N3O. The molecule has 0 bridgehead atoms. The van der Waals surface area contributed by atoms with E-state index in [1.54, 1.807) is 6.26 Å². The number of hydrogen-bond acceptors (Lipinski definition) is 3. The molecule has 19 heavy (non-hydrogen) atoms. The van der Waals surface area contributed by atoms with Gasteiger partial charge in [0, 0.05) is 29.6 Å². The van der Waals surface area contributed by atoms with E-state index in [1.165, 1.54) is 11.3 Å². The lowest BCUT2D eigenvalue weighted by Gasteiger charge is -2.24. The topological polar surface area (TPSA) is 67.8 Å². The van der Waals surface area contributed by atoms with Crippen molar-refractivity contribution in [2.75, 3.05) is 0 Å². The number of aryl methyl sites for hydroxylation is 2. The third-order valence-electron chi connectivity index (χ3n) is 4.56. The predicted octanol–water partition coefficient (Wildman–Crippen LogP) is 2.75. The zero-order chi connectivity index (χ0) is 12.8. The number of aromatic nitrogens is 2. The quantitative estimate of drug-likeness (QED) is 0.825. The minimum Gasteiger partial charge on any atom is -0.469 e. The van der Waals surface area contributed by atoms with E-state index in [1.807, 2.05) is 6.07 Å². The summed E-state index contributed by atoms with van der Waals surface area (Å²) in [5.74, 6) is 2.79. The van der Waals surface area contributed by atoms with Crippen LogP contribution in [-0.4, -0.2) is 16.0 Å². The first-order chi connectivity index (χ1) is 9.31. The predicted molar refractivity (Wildman–Crippen MR) is 72.9 cm³/mol. The number of nitrogens with one attached hydrogen (secondary N) is 1. The first-order valence-corrected chi connectivity index (χ1v) is 7.22. The minimum atomic E-state index is 0.390. The zero-order valence-electron chi connectivity index (χ0n) is 11.0. The van der Waals surface area contributed by atoms with Crippen molar-refractivity contribution in [3.05, 3.63) is 29.6 Å². The molecule has 1 fully saturated rings. The van der Waals surface area contributed by atoms with Crippen LogP contribution >= 0.6 is 0 Å². The summed E-state index contributed by atoms with van der Waals surface area (Å²) < 4.78 is 5.51. The Kier molecular flexibility index (Phi) is 2.52. The molecule has 2 aromatic rings. The van der Waals surface area contributed by atoms with Crippen molar-refractivity contribution in [3.63, 3.8) is 0 Å². The van der Waals surface area contributed by atoms with Crippen LogP contribution in [0.3, 0.4) is 0 Å². The van der Waals surface area contributed by atoms with Gasteiger partial charge in [-0.25, -0.2) is 4.98 Å². The number of hydrogen-bond donors (Lipinski definition) is 2. The first kappa shape index (κ1) is 11.3. The molecule has 4 heteroatoms. The molecule has 0 amide bonds. The molecule has 4 nitrogen and oxygen atoms in total. The molecule has 0 aromatic carbocycles. The van der Waals surface area contributed by atoms with Crippen molar-refractivity contribution in [1.29, 1.82) is 0 Å². The Labute approximate surface area is 112 Å². The lowest BCUT2D eigenvalue weighted by molar-refractivity contribution is 0.386. The van der Waals surface area contributed by atoms with Gasteiger partial charge in [-0.1, -0.05) is 0 Å². The highest BCUT2D eigenvalue weighted by atomic mass is 16.3. The molecule has 0 radical (unpaired) electrons. The van der Waals surface area contributed by atoms with Crippen molar-refractivity contribution < 1.29 is 4.42 Å². The van der Waals surface area contributed by atoms with Crippen molar-refractivity contribution in [2.45, 2.75) is 50.5 Å². The third kappa shape index (κ3) is 1.82. The summed E-state index contributed by atoms with van der Waals surface area (Å²) in [5, 5.41) is 0. The van der Waals surface area contributed by atoms with Crippen LogP contribution in [0.15, 0.2) is 16.7 Å². The van der Waals surface area contributed by atoms with Crippen molar-refractivity contribution in [2.24, 2.45) is 5.73 Å². The van der Waals surface area contributed by atoms with Gasteiger partial charge in [0.2, 0.25) is 0 Å². The number of fused-ring (bicyclic) bond motifs is 3. The summed E-state index contributed by atoms with van der Waals surface area (Å²) in [5.41, 5.74) is 9.54. The highest BCUT2D eigenvalue weighted by Crippen LogP contribution is 2.36. The summed E-state index contributed by atoms with van der Waals surface area (Å²) in [6.07, 6.45) is 8.31. The summed E-state index contributed by atoms with van der Waals surface area (Å²) in [4.78, 5) is 8.41. The maximum atomic E-state index is 5.98. The van der Waals surface area contributed by atoms with Gasteiger partial charge in [0.1, 0.15) is 11.6 Å². The highest BCUT2D eigenvalue weighted by Gasteiger charge is 2.27. The standard InChI is InChI=1S/C15H19N3O/c16-10-3-1-9(2-4-10)15-17-12-5-6-13-11(7-8-19-13)14(12)18-15/h7-10H,1-6,16H2,(H,17,18). The number of rotatable bonds is 1. The Hall–Kier alpha value is -1.55. The zero-order valence-corrected chi connectivity index (χ0v) is 11.0. The van der Waals surface area contributed by atoms with E-state index in [9.17, 15) is 0 Å². The molecule has 2 heterocycles. The van der Waals surface area contributed by atoms with Crippen LogP contribution < -0.4 is 5.73 Å². The Morgan fingerprint density at radius 2 is 2.05 bits per heavy atom. The number of furan rings is 1. The molecule has 4 rings (SSSR count). The number of imidazole rings is 1. The number of nitrogens with two attached hydrogens (primary N) is 1. The molecular weight excluding hydrogens is 238 g/mol. The highest BCUT2D eigenvalue weighted by molar-refractivity contribution is 5.66. The summed E-state index contributed by atoms with van der Waals surface area (Å²) in [6, 6.07) is 2.43. The van der Waals surface area contributed by atoms with E-state index in [2.05, 4.69) is 4.98 Å². The lowest BCUT2D eigenvalue weighted by atomic mass is 9.86. The molecule has 0 unspecified atom stereocenters. The van der Waals surface area contributed by atoms with Gasteiger partial charge in [-0.05, 0) is 38.2 Å². The van der Waals surface area contributed by atoms with E-state index in [-0.39, 0.29) is 0 Å². The van der Waals surface area contributed by atoms with E-state index >= 15 is 0 Å². The van der Waals surface area contributed by atoms with Gasteiger partial charge in [-0.3, -0.25) is 0 Å². The molecule has 3 N–H and O–H groups in total. The average Bonchev–Trinajstić information content (AvgIpc) is 3.04. The summed E-state index contributed by atoms with van der Waals surface area (Å²) in [7, 11) is 0. The molecule has 0 spiro atoms. The molecule has 0 aliphatic heterocycles. The summed E-state index contributed by atoms with van der Waals surface area (Å²) in [6.45, 7) is 0. The second kappa shape index (κ2) is 4.23. The molecule has 100 valence electrons. The van der Waals surface area contributed by atoms with E-state index in [0.717, 1.165) is 55.8 Å². The maximum Gasteiger partial charge on any atom is 0.113 e. The molecule has 2 aromatic heterocycles. The third-order valence-corrected chi connectivity index (χ3v) is 4.56. The molecule has 0 atom stereocenters. The number of nitrogens with zero attached hydrogens (tertiary/aromatic N) is 1. The average molecular weight is 257 g/mol. The van der Waals surface area contributed by atoms with Crippen molar-refractivity contribution in [1.82, 2.24) is 9.97 Å². The fourth-order valence-corrected chi connectivity index (χ4v) is 3.40. The number of aromatic amines is 1. The minimum absolute atomic E-state index is 0.390. The van der Waals surface area contributed by atoms with E-state index < -0.39 is 0 Å². The van der Waals surface area contributed by atoms with Crippen LogP contribution in [0.4, 0.5) is 0 Å². The fraction of sp³-hybridized carbons (Fsp3) is 0.533. The van der Waals surface area contributed by atoms with E-state index in [4.69, 9.17) is 15.1 Å². The Morgan fingerprint density at radius 3 is 2.89 bits per heavy atom. The lowest BCUT2D eigenvalue weighted by Crippen LogP contribution is -2.26. The van der Waals surface area contributed by atoms with Crippen molar-refractivity contribution in [3.8, 4) is 11.3 Å². The Morgan fingerprint density at radius 1 is 1.21 bits per heavy atom. The largest absolute Gasteiger partial charge is 0.469 e. The SMILES string of the molecule is NC1CCC(c2nc3c([nH]2)CCc2occc2-3)CC1. The second-order valence-corrected chi connectivity index (χ2v) is 5.82. The molecule has 2 aliphatic rings. The van der Waals surface area contributed by atoms with Crippen LogP contribution in [0.25, 0.3) is 11.3 Å². The van der Waals surface area contributed by atoms with Gasteiger partial charge >= 0.3 is 0 Å². The first-order valence-electron chi connectivity index (χ1n) is 7.22. The molecule has 0 saturated heterocycles. The normalized spacial score (nSPS) is 25.9. The van der Waals surface area contributed by atoms with Gasteiger partial charge in [0.05, 0.1) is 12.0 Å². The maximum absolute atomic E-state index is 5.98. The van der Waals surface area contributed by atoms with Gasteiger partial charge in [0.25, 0.3) is 0 Å². The van der Waals surface area contributed by atoms with Gasteiger partial charge < -0.3 is 15.1 Å². The fourth-order valence-electron chi connectivity index (χ4n) is 3.40.